The molecule has 2 aromatic rings. The minimum absolute atomic E-state index is 0.0311. The van der Waals surface area contributed by atoms with E-state index in [0.717, 1.165) is 36.0 Å². The van der Waals surface area contributed by atoms with E-state index in [1.807, 2.05) is 6.92 Å². The van der Waals surface area contributed by atoms with Gasteiger partial charge in [0.15, 0.2) is 17.5 Å². The highest BCUT2D eigenvalue weighted by Crippen LogP contribution is 2.44. The molecule has 1 N–H and O–H groups in total. The van der Waals surface area contributed by atoms with Gasteiger partial charge >= 0.3 is 0 Å². The van der Waals surface area contributed by atoms with Gasteiger partial charge in [-0.2, -0.15) is 0 Å². The van der Waals surface area contributed by atoms with Gasteiger partial charge in [0.1, 0.15) is 5.01 Å². The predicted octanol–water partition coefficient (Wildman–Crippen LogP) is 4.21. The van der Waals surface area contributed by atoms with Gasteiger partial charge in [0.25, 0.3) is 0 Å². The highest BCUT2D eigenvalue weighted by atomic mass is 32.1. The lowest BCUT2D eigenvalue weighted by Gasteiger charge is -2.01. The molecule has 1 saturated carbocycles. The molecule has 3 rings (SSSR count). The molecule has 0 saturated heterocycles. The summed E-state index contributed by atoms with van der Waals surface area (Å²) in [5, 5.41) is 3.65. The van der Waals surface area contributed by atoms with E-state index < -0.39 is 17.5 Å². The van der Waals surface area contributed by atoms with Crippen LogP contribution < -0.4 is 5.32 Å². The molecule has 1 aromatic carbocycles. The zero-order chi connectivity index (χ0) is 15.0. The van der Waals surface area contributed by atoms with Crippen molar-refractivity contribution in [3.63, 3.8) is 0 Å². The Kier molecular flexibility index (Phi) is 3.99. The molecule has 1 aliphatic rings. The first kappa shape index (κ1) is 14.5. The summed E-state index contributed by atoms with van der Waals surface area (Å²) in [6, 6.07) is 2.19. The van der Waals surface area contributed by atoms with E-state index in [2.05, 4.69) is 10.3 Å². The molecule has 1 heterocycles. The number of halogens is 3. The topological polar surface area (TPSA) is 24.9 Å². The maximum Gasteiger partial charge on any atom is 0.195 e. The molecule has 21 heavy (non-hydrogen) atoms. The monoisotopic (exact) mass is 312 g/mol. The Labute approximate surface area is 125 Å². The SMILES string of the molecule is CCNCc1sc(-c2ccc(F)c(F)c2F)nc1C1CC1. The number of hydrogen-bond donors (Lipinski definition) is 1. The first-order chi connectivity index (χ1) is 10.1. The standard InChI is InChI=1S/C15H15F3N2S/c1-2-19-7-11-14(8-3-4-8)20-15(21-11)9-5-6-10(16)13(18)12(9)17/h5-6,8,19H,2-4,7H2,1H3. The quantitative estimate of drug-likeness (QED) is 0.836. The Morgan fingerprint density at radius 1 is 1.24 bits per heavy atom. The van der Waals surface area contributed by atoms with Crippen molar-refractivity contribution in [3.8, 4) is 10.6 Å². The molecule has 0 aliphatic heterocycles. The van der Waals surface area contributed by atoms with Crippen molar-refractivity contribution >= 4 is 11.3 Å². The van der Waals surface area contributed by atoms with E-state index in [0.29, 0.717) is 17.5 Å². The molecule has 0 radical (unpaired) electrons. The van der Waals surface area contributed by atoms with Crippen LogP contribution >= 0.6 is 11.3 Å². The lowest BCUT2D eigenvalue weighted by molar-refractivity contribution is 0.449. The smallest absolute Gasteiger partial charge is 0.195 e. The van der Waals surface area contributed by atoms with Crippen molar-refractivity contribution in [3.05, 3.63) is 40.2 Å². The summed E-state index contributed by atoms with van der Waals surface area (Å²) in [4.78, 5) is 5.53. The van der Waals surface area contributed by atoms with Crippen LogP contribution in [0.4, 0.5) is 13.2 Å². The Bertz CT molecular complexity index is 665. The number of nitrogens with zero attached hydrogens (tertiary/aromatic N) is 1. The first-order valence-corrected chi connectivity index (χ1v) is 7.77. The van der Waals surface area contributed by atoms with E-state index >= 15 is 0 Å². The minimum atomic E-state index is -1.44. The van der Waals surface area contributed by atoms with Crippen molar-refractivity contribution in [2.24, 2.45) is 0 Å². The van der Waals surface area contributed by atoms with Gasteiger partial charge in [-0.3, -0.25) is 0 Å². The van der Waals surface area contributed by atoms with Gasteiger partial charge in [-0.15, -0.1) is 11.3 Å². The molecule has 0 bridgehead atoms. The van der Waals surface area contributed by atoms with Crippen LogP contribution in [-0.2, 0) is 6.54 Å². The molecule has 1 aromatic heterocycles. The van der Waals surface area contributed by atoms with Crippen LogP contribution in [0.25, 0.3) is 10.6 Å². The summed E-state index contributed by atoms with van der Waals surface area (Å²) in [7, 11) is 0. The van der Waals surface area contributed by atoms with Gasteiger partial charge in [-0.25, -0.2) is 18.2 Å². The highest BCUT2D eigenvalue weighted by molar-refractivity contribution is 7.15. The lowest BCUT2D eigenvalue weighted by Crippen LogP contribution is -2.11. The van der Waals surface area contributed by atoms with E-state index in [1.54, 1.807) is 0 Å². The molecular weight excluding hydrogens is 297 g/mol. The minimum Gasteiger partial charge on any atom is -0.312 e. The van der Waals surface area contributed by atoms with Crippen LogP contribution in [-0.4, -0.2) is 11.5 Å². The Balaban J connectivity index is 2.00. The van der Waals surface area contributed by atoms with Crippen LogP contribution in [0.3, 0.4) is 0 Å². The van der Waals surface area contributed by atoms with Crippen molar-refractivity contribution in [1.82, 2.24) is 10.3 Å². The summed E-state index contributed by atoms with van der Waals surface area (Å²) in [5.41, 5.74) is 1.00. The maximum atomic E-state index is 13.9. The first-order valence-electron chi connectivity index (χ1n) is 6.96. The number of rotatable bonds is 5. The molecular formula is C15H15F3N2S. The number of hydrogen-bond acceptors (Lipinski definition) is 3. The third kappa shape index (κ3) is 2.82. The summed E-state index contributed by atoms with van der Waals surface area (Å²) in [6.45, 7) is 3.51. The summed E-state index contributed by atoms with van der Waals surface area (Å²) >= 11 is 1.35. The maximum absolute atomic E-state index is 13.9. The molecule has 6 heteroatoms. The van der Waals surface area contributed by atoms with Gasteiger partial charge in [-0.05, 0) is 31.5 Å². The predicted molar refractivity (Wildman–Crippen MR) is 76.8 cm³/mol. The van der Waals surface area contributed by atoms with Gasteiger partial charge < -0.3 is 5.32 Å². The van der Waals surface area contributed by atoms with E-state index in [9.17, 15) is 13.2 Å². The van der Waals surface area contributed by atoms with Crippen LogP contribution in [0.15, 0.2) is 12.1 Å². The van der Waals surface area contributed by atoms with Gasteiger partial charge in [0.05, 0.1) is 5.69 Å². The Morgan fingerprint density at radius 3 is 2.67 bits per heavy atom. The fourth-order valence-corrected chi connectivity index (χ4v) is 3.35. The van der Waals surface area contributed by atoms with E-state index in [-0.39, 0.29) is 5.56 Å². The number of aromatic nitrogens is 1. The van der Waals surface area contributed by atoms with Crippen molar-refractivity contribution in [2.75, 3.05) is 6.54 Å². The van der Waals surface area contributed by atoms with Crippen LogP contribution in [0.5, 0.6) is 0 Å². The fraction of sp³-hybridized carbons (Fsp3) is 0.400. The van der Waals surface area contributed by atoms with Crippen molar-refractivity contribution in [1.29, 1.82) is 0 Å². The molecule has 0 spiro atoms. The van der Waals surface area contributed by atoms with Crippen LogP contribution in [0.1, 0.15) is 36.3 Å². The third-order valence-electron chi connectivity index (χ3n) is 3.49. The van der Waals surface area contributed by atoms with E-state index in [4.69, 9.17) is 0 Å². The second-order valence-corrected chi connectivity index (χ2v) is 6.19. The van der Waals surface area contributed by atoms with Crippen LogP contribution in [0.2, 0.25) is 0 Å². The molecule has 1 aliphatic carbocycles. The summed E-state index contributed by atoms with van der Waals surface area (Å²) in [5.74, 6) is -3.36. The number of nitrogens with one attached hydrogen (secondary N) is 1. The third-order valence-corrected chi connectivity index (χ3v) is 4.60. The van der Waals surface area contributed by atoms with Crippen molar-refractivity contribution in [2.45, 2.75) is 32.2 Å². The number of benzene rings is 1. The highest BCUT2D eigenvalue weighted by Gasteiger charge is 2.30. The molecule has 0 amide bonds. The van der Waals surface area contributed by atoms with E-state index in [1.165, 1.54) is 17.4 Å². The zero-order valence-corrected chi connectivity index (χ0v) is 12.4. The second-order valence-electron chi connectivity index (χ2n) is 5.10. The molecule has 2 nitrogen and oxygen atoms in total. The average molecular weight is 312 g/mol. The van der Waals surface area contributed by atoms with Gasteiger partial charge in [0, 0.05) is 22.9 Å². The van der Waals surface area contributed by atoms with Crippen molar-refractivity contribution < 1.29 is 13.2 Å². The summed E-state index contributed by atoms with van der Waals surface area (Å²) < 4.78 is 40.3. The lowest BCUT2D eigenvalue weighted by atomic mass is 10.2. The fourth-order valence-electron chi connectivity index (χ4n) is 2.21. The molecule has 1 fully saturated rings. The Hall–Kier alpha value is -1.40. The largest absolute Gasteiger partial charge is 0.312 e. The molecule has 0 unspecified atom stereocenters. The Morgan fingerprint density at radius 2 is 2.00 bits per heavy atom. The average Bonchev–Trinajstić information content (AvgIpc) is 3.24. The normalized spacial score (nSPS) is 14.7. The number of thiazole rings is 1. The summed E-state index contributed by atoms with van der Waals surface area (Å²) in [6.07, 6.45) is 2.17. The second kappa shape index (κ2) is 5.77. The molecule has 112 valence electrons. The van der Waals surface area contributed by atoms with Gasteiger partial charge in [-0.1, -0.05) is 6.92 Å². The zero-order valence-electron chi connectivity index (χ0n) is 11.5. The molecule has 0 atom stereocenters. The van der Waals surface area contributed by atoms with Crippen LogP contribution in [0, 0.1) is 17.5 Å². The van der Waals surface area contributed by atoms with Gasteiger partial charge in [0.2, 0.25) is 0 Å².